The maximum absolute atomic E-state index is 13.0. The molecule has 0 aliphatic carbocycles. The highest BCUT2D eigenvalue weighted by molar-refractivity contribution is 7.89. The summed E-state index contributed by atoms with van der Waals surface area (Å²) in [7, 11) is -7.39. The van der Waals surface area contributed by atoms with Crippen LogP contribution in [0.1, 0.15) is 9.75 Å². The predicted molar refractivity (Wildman–Crippen MR) is 109 cm³/mol. The number of fused-ring (bicyclic) bond motifs is 1. The quantitative estimate of drug-likeness (QED) is 0.694. The fraction of sp³-hybridized carbons (Fsp3) is 0.444. The van der Waals surface area contributed by atoms with Gasteiger partial charge in [-0.05, 0) is 32.0 Å². The van der Waals surface area contributed by atoms with Crippen molar-refractivity contribution in [3.8, 4) is 11.5 Å². The van der Waals surface area contributed by atoms with Gasteiger partial charge < -0.3 is 9.47 Å². The summed E-state index contributed by atoms with van der Waals surface area (Å²) >= 11 is 1.44. The van der Waals surface area contributed by atoms with Crippen LogP contribution in [0.2, 0.25) is 0 Å². The zero-order valence-electron chi connectivity index (χ0n) is 16.1. The summed E-state index contributed by atoms with van der Waals surface area (Å²) in [6.45, 7) is 4.87. The van der Waals surface area contributed by atoms with Crippen molar-refractivity contribution in [1.82, 2.24) is 8.61 Å². The van der Waals surface area contributed by atoms with E-state index in [1.807, 2.05) is 6.92 Å². The first kappa shape index (κ1) is 20.6. The summed E-state index contributed by atoms with van der Waals surface area (Å²) in [6, 6.07) is 6.21. The van der Waals surface area contributed by atoms with E-state index in [4.69, 9.17) is 9.47 Å². The Morgan fingerprint density at radius 1 is 0.828 bits per heavy atom. The molecule has 0 unspecified atom stereocenters. The Bertz CT molecular complexity index is 1130. The molecule has 11 heteroatoms. The number of aryl methyl sites for hydroxylation is 2. The van der Waals surface area contributed by atoms with Crippen LogP contribution in [-0.2, 0) is 20.0 Å². The van der Waals surface area contributed by atoms with Crippen LogP contribution in [-0.4, -0.2) is 64.8 Å². The number of benzene rings is 1. The van der Waals surface area contributed by atoms with Gasteiger partial charge in [-0.2, -0.15) is 8.61 Å². The van der Waals surface area contributed by atoms with Crippen molar-refractivity contribution in [3.05, 3.63) is 34.0 Å². The Morgan fingerprint density at radius 2 is 1.41 bits per heavy atom. The Balaban J connectivity index is 1.51. The Hall–Kier alpha value is -1.66. The number of hydrogen-bond acceptors (Lipinski definition) is 7. The van der Waals surface area contributed by atoms with Crippen LogP contribution in [0.15, 0.2) is 34.1 Å². The molecule has 158 valence electrons. The van der Waals surface area contributed by atoms with Gasteiger partial charge in [0.1, 0.15) is 13.2 Å². The van der Waals surface area contributed by atoms with Crippen LogP contribution < -0.4 is 9.47 Å². The smallest absolute Gasteiger partial charge is 0.244 e. The summed E-state index contributed by atoms with van der Waals surface area (Å²) in [5.74, 6) is 0.925. The predicted octanol–water partition coefficient (Wildman–Crippen LogP) is 1.83. The van der Waals surface area contributed by atoms with Crippen LogP contribution in [0.4, 0.5) is 0 Å². The molecule has 8 nitrogen and oxygen atoms in total. The highest BCUT2D eigenvalue weighted by atomic mass is 32.2. The number of nitrogens with zero attached hydrogens (tertiary/aromatic N) is 2. The summed E-state index contributed by atoms with van der Waals surface area (Å²) in [4.78, 5) is 2.10. The molecule has 0 bridgehead atoms. The average Bonchev–Trinajstić information content (AvgIpc) is 3.06. The lowest BCUT2D eigenvalue weighted by molar-refractivity contribution is 0.171. The number of piperazine rings is 1. The monoisotopic (exact) mass is 458 g/mol. The molecule has 0 amide bonds. The van der Waals surface area contributed by atoms with Gasteiger partial charge >= 0.3 is 0 Å². The third-order valence-electron chi connectivity index (χ3n) is 4.96. The number of thiophene rings is 1. The average molecular weight is 459 g/mol. The first-order valence-corrected chi connectivity index (χ1v) is 12.9. The molecule has 2 aliphatic heterocycles. The summed E-state index contributed by atoms with van der Waals surface area (Å²) in [5.41, 5.74) is 0. The molecule has 1 fully saturated rings. The fourth-order valence-corrected chi connectivity index (χ4v) is 7.87. The maximum atomic E-state index is 13.0. The molecule has 0 N–H and O–H groups in total. The topological polar surface area (TPSA) is 93.2 Å². The largest absolute Gasteiger partial charge is 0.486 e. The summed E-state index contributed by atoms with van der Waals surface area (Å²) in [5, 5.41) is 0. The van der Waals surface area contributed by atoms with Crippen LogP contribution in [0, 0.1) is 13.8 Å². The molecule has 0 radical (unpaired) electrons. The molecule has 1 saturated heterocycles. The second-order valence-electron chi connectivity index (χ2n) is 6.89. The molecule has 1 aromatic heterocycles. The Morgan fingerprint density at radius 3 is 2.00 bits per heavy atom. The van der Waals surface area contributed by atoms with Gasteiger partial charge in [0.05, 0.1) is 9.79 Å². The van der Waals surface area contributed by atoms with E-state index in [1.165, 1.54) is 32.1 Å². The highest BCUT2D eigenvalue weighted by Crippen LogP contribution is 2.34. The van der Waals surface area contributed by atoms with Gasteiger partial charge in [-0.25, -0.2) is 16.8 Å². The number of ether oxygens (including phenoxy) is 2. The molecule has 1 aromatic carbocycles. The van der Waals surface area contributed by atoms with Crippen LogP contribution in [0.3, 0.4) is 0 Å². The van der Waals surface area contributed by atoms with Crippen LogP contribution in [0.25, 0.3) is 0 Å². The number of sulfonamides is 2. The van der Waals surface area contributed by atoms with Gasteiger partial charge in [0.25, 0.3) is 0 Å². The summed E-state index contributed by atoms with van der Waals surface area (Å²) < 4.78 is 65.5. The molecule has 3 heterocycles. The molecule has 2 aromatic rings. The second-order valence-corrected chi connectivity index (χ2v) is 12.2. The minimum absolute atomic E-state index is 0.0954. The van der Waals surface area contributed by atoms with Crippen molar-refractivity contribution >= 4 is 31.4 Å². The molecule has 29 heavy (non-hydrogen) atoms. The maximum Gasteiger partial charge on any atom is 0.244 e. The first-order chi connectivity index (χ1) is 13.7. The zero-order valence-corrected chi connectivity index (χ0v) is 18.6. The molecule has 0 atom stereocenters. The number of rotatable bonds is 4. The van der Waals surface area contributed by atoms with E-state index in [9.17, 15) is 16.8 Å². The lowest BCUT2D eigenvalue weighted by Crippen LogP contribution is -2.50. The molecule has 2 aliphatic rings. The second kappa shape index (κ2) is 7.55. The van der Waals surface area contributed by atoms with Crippen molar-refractivity contribution < 1.29 is 26.3 Å². The van der Waals surface area contributed by atoms with Gasteiger partial charge in [0, 0.05) is 42.0 Å². The zero-order chi connectivity index (χ0) is 20.8. The number of hydrogen-bond donors (Lipinski definition) is 0. The van der Waals surface area contributed by atoms with Gasteiger partial charge in [0.15, 0.2) is 11.5 Å². The van der Waals surface area contributed by atoms with Gasteiger partial charge in [-0.15, -0.1) is 11.3 Å². The van der Waals surface area contributed by atoms with E-state index in [1.54, 1.807) is 19.1 Å². The van der Waals surface area contributed by atoms with Gasteiger partial charge in [-0.1, -0.05) is 0 Å². The van der Waals surface area contributed by atoms with E-state index in [0.29, 0.717) is 29.6 Å². The molecular formula is C18H22N2O6S3. The third kappa shape index (κ3) is 3.77. The van der Waals surface area contributed by atoms with Crippen LogP contribution in [0.5, 0.6) is 11.5 Å². The third-order valence-corrected chi connectivity index (χ3v) is 9.98. The minimum atomic E-state index is -3.75. The lowest BCUT2D eigenvalue weighted by Gasteiger charge is -2.33. The van der Waals surface area contributed by atoms with Crippen molar-refractivity contribution in [2.45, 2.75) is 23.6 Å². The highest BCUT2D eigenvalue weighted by Gasteiger charge is 2.35. The van der Waals surface area contributed by atoms with E-state index >= 15 is 0 Å². The molecule has 0 spiro atoms. The standard InChI is InChI=1S/C18H22N2O6S3/c1-13-11-18(14(2)27-13)29(23,24)20-7-5-19(6-8-20)28(21,22)15-3-4-16-17(12-15)26-10-9-25-16/h3-4,11-12H,5-10H2,1-2H3. The van der Waals surface area contributed by atoms with Crippen molar-refractivity contribution in [2.75, 3.05) is 39.4 Å². The Kier molecular flexibility index (Phi) is 5.36. The molecule has 4 rings (SSSR count). The van der Waals surface area contributed by atoms with E-state index in [-0.39, 0.29) is 31.1 Å². The van der Waals surface area contributed by atoms with E-state index in [2.05, 4.69) is 0 Å². The van der Waals surface area contributed by atoms with Crippen molar-refractivity contribution in [2.24, 2.45) is 0 Å². The van der Waals surface area contributed by atoms with Crippen molar-refractivity contribution in [1.29, 1.82) is 0 Å². The fourth-order valence-electron chi connectivity index (χ4n) is 3.49. The lowest BCUT2D eigenvalue weighted by atomic mass is 10.3. The molecule has 0 saturated carbocycles. The van der Waals surface area contributed by atoms with E-state index < -0.39 is 20.0 Å². The Labute approximate surface area is 174 Å². The summed E-state index contributed by atoms with van der Waals surface area (Å²) in [6.07, 6.45) is 0. The first-order valence-electron chi connectivity index (χ1n) is 9.16. The van der Waals surface area contributed by atoms with Crippen LogP contribution >= 0.6 is 11.3 Å². The molecular weight excluding hydrogens is 436 g/mol. The minimum Gasteiger partial charge on any atom is -0.486 e. The van der Waals surface area contributed by atoms with Gasteiger partial charge in [0.2, 0.25) is 20.0 Å². The SMILES string of the molecule is Cc1cc(S(=O)(=O)N2CCN(S(=O)(=O)c3ccc4c(c3)OCCO4)CC2)c(C)s1. The van der Waals surface area contributed by atoms with Gasteiger partial charge in [-0.3, -0.25) is 0 Å². The van der Waals surface area contributed by atoms with E-state index in [0.717, 1.165) is 9.75 Å². The van der Waals surface area contributed by atoms with Crippen molar-refractivity contribution in [3.63, 3.8) is 0 Å². The normalized spacial score (nSPS) is 18.7.